The van der Waals surface area contributed by atoms with Crippen LogP contribution in [0.2, 0.25) is 0 Å². The Bertz CT molecular complexity index is 1410. The Morgan fingerprint density at radius 1 is 0.913 bits per heavy atom. The van der Waals surface area contributed by atoms with Crippen molar-refractivity contribution < 1.29 is 33.0 Å². The first-order valence-electron chi connectivity index (χ1n) is 15.9. The molecule has 0 aromatic heterocycles. The van der Waals surface area contributed by atoms with E-state index in [-0.39, 0.29) is 48.7 Å². The Balaban J connectivity index is 1.66. The zero-order valence-corrected chi connectivity index (χ0v) is 26.9. The van der Waals surface area contributed by atoms with Gasteiger partial charge in [0.15, 0.2) is 0 Å². The predicted octanol–water partition coefficient (Wildman–Crippen LogP) is 5.60. The molecule has 3 amide bonds. The lowest BCUT2D eigenvalue weighted by Gasteiger charge is -2.25. The molecule has 3 rings (SSSR count). The van der Waals surface area contributed by atoms with Crippen LogP contribution in [-0.2, 0) is 11.2 Å². The van der Waals surface area contributed by atoms with E-state index < -0.39 is 29.7 Å². The summed E-state index contributed by atoms with van der Waals surface area (Å²) in [7, 11) is 0. The summed E-state index contributed by atoms with van der Waals surface area (Å²) >= 11 is 0. The molecular weight excluding hydrogens is 592 g/mol. The quantitative estimate of drug-likeness (QED) is 0.157. The van der Waals surface area contributed by atoms with Crippen LogP contribution in [0.5, 0.6) is 5.75 Å². The molecule has 0 heterocycles. The number of rotatable bonds is 18. The number of benzene rings is 3. The van der Waals surface area contributed by atoms with Gasteiger partial charge in [-0.05, 0) is 92.6 Å². The Morgan fingerprint density at radius 3 is 2.22 bits per heavy atom. The number of para-hydroxylation sites is 1. The summed E-state index contributed by atoms with van der Waals surface area (Å²) in [6.07, 6.45) is 1.19. The van der Waals surface area contributed by atoms with Crippen molar-refractivity contribution in [3.63, 3.8) is 0 Å². The van der Waals surface area contributed by atoms with Crippen molar-refractivity contribution in [2.24, 2.45) is 0 Å². The molecule has 0 saturated carbocycles. The third-order valence-electron chi connectivity index (χ3n) is 7.34. The third-order valence-corrected chi connectivity index (χ3v) is 7.34. The first-order chi connectivity index (χ1) is 22.1. The first-order valence-corrected chi connectivity index (χ1v) is 15.9. The summed E-state index contributed by atoms with van der Waals surface area (Å²) in [6.45, 7) is 7.47. The molecule has 3 aromatic carbocycles. The second kappa shape index (κ2) is 18.6. The van der Waals surface area contributed by atoms with Gasteiger partial charge in [0, 0.05) is 43.2 Å². The van der Waals surface area contributed by atoms with Gasteiger partial charge in [0.05, 0.1) is 18.8 Å². The lowest BCUT2D eigenvalue weighted by atomic mass is 9.97. The van der Waals surface area contributed by atoms with Crippen LogP contribution in [0.3, 0.4) is 0 Å². The molecule has 0 radical (unpaired) electrons. The van der Waals surface area contributed by atoms with Crippen LogP contribution in [0.1, 0.15) is 77.8 Å². The number of aliphatic hydroxyl groups excluding tert-OH is 1. The molecule has 0 aliphatic carbocycles. The molecule has 3 aromatic rings. The van der Waals surface area contributed by atoms with Crippen LogP contribution in [-0.4, -0.2) is 66.1 Å². The fraction of sp³-hybridized carbons (Fsp3) is 0.417. The summed E-state index contributed by atoms with van der Waals surface area (Å²) in [6, 6.07) is 16.3. The molecule has 0 spiro atoms. The maximum absolute atomic E-state index is 14.0. The van der Waals surface area contributed by atoms with Gasteiger partial charge in [-0.2, -0.15) is 0 Å². The van der Waals surface area contributed by atoms with E-state index in [1.165, 1.54) is 6.07 Å². The molecule has 8 nitrogen and oxygen atoms in total. The highest BCUT2D eigenvalue weighted by atomic mass is 19.1. The van der Waals surface area contributed by atoms with Crippen LogP contribution < -0.4 is 15.4 Å². The summed E-state index contributed by atoms with van der Waals surface area (Å²) in [5.74, 6) is -1.75. The molecule has 248 valence electrons. The number of carbonyl (C=O) groups is 3. The zero-order valence-electron chi connectivity index (χ0n) is 26.9. The van der Waals surface area contributed by atoms with E-state index in [0.717, 1.165) is 36.8 Å². The van der Waals surface area contributed by atoms with Gasteiger partial charge in [0.25, 0.3) is 11.8 Å². The van der Waals surface area contributed by atoms with Gasteiger partial charge in [0.1, 0.15) is 17.4 Å². The van der Waals surface area contributed by atoms with Crippen molar-refractivity contribution in [2.45, 2.75) is 71.4 Å². The topological polar surface area (TPSA) is 108 Å². The molecule has 3 N–H and O–H groups in total. The minimum absolute atomic E-state index is 0.0647. The number of aryl methyl sites for hydroxylation is 1. The van der Waals surface area contributed by atoms with E-state index in [1.807, 2.05) is 44.2 Å². The zero-order chi connectivity index (χ0) is 33.5. The summed E-state index contributed by atoms with van der Waals surface area (Å²) in [5.41, 5.74) is 1.57. The number of aliphatic hydroxyl groups is 1. The van der Waals surface area contributed by atoms with E-state index >= 15 is 0 Å². The number of amides is 3. The van der Waals surface area contributed by atoms with Gasteiger partial charge < -0.3 is 25.4 Å². The van der Waals surface area contributed by atoms with E-state index in [4.69, 9.17) is 4.74 Å². The predicted molar refractivity (Wildman–Crippen MR) is 174 cm³/mol. The van der Waals surface area contributed by atoms with Crippen molar-refractivity contribution in [1.29, 1.82) is 0 Å². The van der Waals surface area contributed by atoms with Crippen molar-refractivity contribution in [3.05, 3.63) is 101 Å². The first kappa shape index (κ1) is 36.2. The van der Waals surface area contributed by atoms with E-state index in [0.29, 0.717) is 37.2 Å². The van der Waals surface area contributed by atoms with Crippen LogP contribution >= 0.6 is 0 Å². The highest BCUT2D eigenvalue weighted by molar-refractivity contribution is 6.00. The minimum Gasteiger partial charge on any atom is -0.494 e. The maximum atomic E-state index is 14.0. The Labute approximate surface area is 270 Å². The van der Waals surface area contributed by atoms with Crippen LogP contribution in [0.15, 0.2) is 66.7 Å². The second-order valence-electron chi connectivity index (χ2n) is 11.4. The van der Waals surface area contributed by atoms with Crippen molar-refractivity contribution >= 4 is 17.7 Å². The minimum atomic E-state index is -1.16. The fourth-order valence-corrected chi connectivity index (χ4v) is 5.18. The van der Waals surface area contributed by atoms with Crippen LogP contribution in [0.25, 0.3) is 0 Å². The van der Waals surface area contributed by atoms with Crippen LogP contribution in [0, 0.1) is 18.6 Å². The standard InChI is InChI=1S/C36H45F2N3O5/c1-4-15-41(16-5-2)36(45)28-19-25(3)18-27(23-28)35(44)40-32(22-26-20-29(37)24-30(38)21-26)33(42)13-14-39-34(43)12-9-17-46-31-10-7-6-8-11-31/h6-8,10-11,18-21,23-24,32-33,42H,4-5,9,12-17,22H2,1-3H3,(H,39,43)(H,40,44)/t32-,33-/m0/s1. The van der Waals surface area contributed by atoms with Gasteiger partial charge in [-0.1, -0.05) is 32.0 Å². The fourth-order valence-electron chi connectivity index (χ4n) is 5.18. The maximum Gasteiger partial charge on any atom is 0.253 e. The lowest BCUT2D eigenvalue weighted by molar-refractivity contribution is -0.121. The molecule has 0 aliphatic rings. The number of nitrogens with zero attached hydrogens (tertiary/aromatic N) is 1. The highest BCUT2D eigenvalue weighted by Crippen LogP contribution is 2.17. The smallest absolute Gasteiger partial charge is 0.253 e. The molecule has 0 saturated heterocycles. The Kier molecular flexibility index (Phi) is 14.6. The summed E-state index contributed by atoms with van der Waals surface area (Å²) < 4.78 is 33.6. The van der Waals surface area contributed by atoms with Crippen LogP contribution in [0.4, 0.5) is 8.78 Å². The average Bonchev–Trinajstić information content (AvgIpc) is 3.02. The summed E-state index contributed by atoms with van der Waals surface area (Å²) in [4.78, 5) is 40.8. The Morgan fingerprint density at radius 2 is 1.57 bits per heavy atom. The number of nitrogens with one attached hydrogen (secondary N) is 2. The highest BCUT2D eigenvalue weighted by Gasteiger charge is 2.24. The molecule has 0 bridgehead atoms. The Hall–Kier alpha value is -4.31. The number of carbonyl (C=O) groups excluding carboxylic acids is 3. The van der Waals surface area contributed by atoms with Gasteiger partial charge >= 0.3 is 0 Å². The number of hydrogen-bond donors (Lipinski definition) is 3. The number of halogens is 2. The average molecular weight is 638 g/mol. The van der Waals surface area contributed by atoms with Crippen molar-refractivity contribution in [2.75, 3.05) is 26.2 Å². The normalized spacial score (nSPS) is 12.2. The van der Waals surface area contributed by atoms with E-state index in [9.17, 15) is 28.3 Å². The SMILES string of the molecule is CCCN(CCC)C(=O)c1cc(C)cc(C(=O)N[C@@H](Cc2cc(F)cc(F)c2)[C@@H](O)CCNC(=O)CCCOc2ccccc2)c1. The van der Waals surface area contributed by atoms with E-state index in [2.05, 4.69) is 10.6 Å². The second-order valence-corrected chi connectivity index (χ2v) is 11.4. The van der Waals surface area contributed by atoms with Gasteiger partial charge in [-0.25, -0.2) is 8.78 Å². The van der Waals surface area contributed by atoms with Gasteiger partial charge in [-0.3, -0.25) is 14.4 Å². The molecule has 0 fully saturated rings. The van der Waals surface area contributed by atoms with Gasteiger partial charge in [-0.15, -0.1) is 0 Å². The molecule has 0 aliphatic heterocycles. The molecular formula is C36H45F2N3O5. The lowest BCUT2D eigenvalue weighted by Crippen LogP contribution is -2.46. The van der Waals surface area contributed by atoms with E-state index in [1.54, 1.807) is 24.0 Å². The van der Waals surface area contributed by atoms with Crippen molar-refractivity contribution in [1.82, 2.24) is 15.5 Å². The molecule has 0 unspecified atom stereocenters. The third kappa shape index (κ3) is 11.9. The monoisotopic (exact) mass is 637 g/mol. The summed E-state index contributed by atoms with van der Waals surface area (Å²) in [5, 5.41) is 16.7. The van der Waals surface area contributed by atoms with Crippen molar-refractivity contribution in [3.8, 4) is 5.75 Å². The number of ether oxygens (including phenoxy) is 1. The van der Waals surface area contributed by atoms with Gasteiger partial charge in [0.2, 0.25) is 5.91 Å². The largest absolute Gasteiger partial charge is 0.494 e. The number of hydrogen-bond acceptors (Lipinski definition) is 5. The molecule has 10 heteroatoms. The molecule has 2 atom stereocenters. The molecule has 46 heavy (non-hydrogen) atoms.